The van der Waals surface area contributed by atoms with Crippen molar-refractivity contribution in [1.29, 1.82) is 0 Å². The van der Waals surface area contributed by atoms with Crippen LogP contribution in [0, 0.1) is 0 Å². The first-order valence-electron chi connectivity index (χ1n) is 8.81. The van der Waals surface area contributed by atoms with Crippen LogP contribution in [0.15, 0.2) is 29.4 Å². The summed E-state index contributed by atoms with van der Waals surface area (Å²) in [5.74, 6) is 0.713. The Morgan fingerprint density at radius 1 is 0.893 bits per heavy atom. The predicted octanol–water partition coefficient (Wildman–Crippen LogP) is 1.94. The van der Waals surface area contributed by atoms with Crippen LogP contribution in [0.25, 0.3) is 10.4 Å². The molecule has 0 aliphatic heterocycles. The Morgan fingerprint density at radius 3 is 2.04 bits per heavy atom. The molecule has 0 spiro atoms. The van der Waals surface area contributed by atoms with E-state index in [0.717, 1.165) is 11.8 Å². The third-order valence-corrected chi connectivity index (χ3v) is 3.85. The molecule has 0 unspecified atom stereocenters. The molecule has 11 heteroatoms. The minimum atomic E-state index is -3.40. The van der Waals surface area contributed by atoms with Gasteiger partial charge in [-0.15, -0.1) is 0 Å². The number of azide groups is 1. The smallest absolute Gasteiger partial charge is 0.264 e. The van der Waals surface area contributed by atoms with E-state index in [9.17, 15) is 8.42 Å². The van der Waals surface area contributed by atoms with E-state index in [-0.39, 0.29) is 6.61 Å². The van der Waals surface area contributed by atoms with E-state index >= 15 is 0 Å². The van der Waals surface area contributed by atoms with Gasteiger partial charge < -0.3 is 18.9 Å². The number of ether oxygens (including phenoxy) is 4. The zero-order chi connectivity index (χ0) is 20.5. The molecule has 0 amide bonds. The number of nitrogens with zero attached hydrogens (tertiary/aromatic N) is 3. The summed E-state index contributed by atoms with van der Waals surface area (Å²) in [7, 11) is -3.40. The Bertz CT molecular complexity index is 676. The second-order valence-electron chi connectivity index (χ2n) is 5.56. The van der Waals surface area contributed by atoms with Gasteiger partial charge in [0.25, 0.3) is 10.1 Å². The number of rotatable bonds is 17. The highest BCUT2D eigenvalue weighted by molar-refractivity contribution is 7.85. The van der Waals surface area contributed by atoms with Crippen molar-refractivity contribution in [3.8, 4) is 5.75 Å². The van der Waals surface area contributed by atoms with Crippen molar-refractivity contribution < 1.29 is 31.5 Å². The molecule has 0 heterocycles. The summed E-state index contributed by atoms with van der Waals surface area (Å²) in [5, 5.41) is 3.35. The van der Waals surface area contributed by atoms with Crippen molar-refractivity contribution in [1.82, 2.24) is 0 Å². The van der Waals surface area contributed by atoms with Gasteiger partial charge in [0.2, 0.25) is 0 Å². The highest BCUT2D eigenvalue weighted by atomic mass is 32.2. The van der Waals surface area contributed by atoms with Gasteiger partial charge in [-0.1, -0.05) is 17.2 Å². The van der Waals surface area contributed by atoms with E-state index in [1.54, 1.807) is 0 Å². The van der Waals surface area contributed by atoms with Gasteiger partial charge in [0.15, 0.2) is 0 Å². The van der Waals surface area contributed by atoms with Crippen molar-refractivity contribution in [2.45, 2.75) is 6.42 Å². The maximum atomic E-state index is 10.9. The largest absolute Gasteiger partial charge is 0.491 e. The molecule has 0 bridgehead atoms. The Labute approximate surface area is 165 Å². The monoisotopic (exact) mass is 417 g/mol. The lowest BCUT2D eigenvalue weighted by atomic mass is 10.1. The highest BCUT2D eigenvalue weighted by Gasteiger charge is 2.02. The molecule has 10 nitrogen and oxygen atoms in total. The average Bonchev–Trinajstić information content (AvgIpc) is 2.66. The maximum Gasteiger partial charge on any atom is 0.264 e. The van der Waals surface area contributed by atoms with Crippen molar-refractivity contribution in [2.24, 2.45) is 5.11 Å². The minimum Gasteiger partial charge on any atom is -0.491 e. The first kappa shape index (κ1) is 24.2. The number of hydrogen-bond donors (Lipinski definition) is 0. The van der Waals surface area contributed by atoms with Crippen molar-refractivity contribution >= 4 is 10.1 Å². The summed E-state index contributed by atoms with van der Waals surface area (Å²) in [5.41, 5.74) is 9.05. The van der Waals surface area contributed by atoms with Crippen molar-refractivity contribution in [2.75, 3.05) is 65.7 Å². The second-order valence-corrected chi connectivity index (χ2v) is 7.20. The zero-order valence-corrected chi connectivity index (χ0v) is 16.8. The van der Waals surface area contributed by atoms with Gasteiger partial charge in [-0.3, -0.25) is 4.18 Å². The molecule has 0 N–H and O–H groups in total. The fraction of sp³-hybridized carbons (Fsp3) is 0.647. The molecule has 0 atom stereocenters. The average molecular weight is 417 g/mol. The molecule has 1 aromatic rings. The first-order valence-corrected chi connectivity index (χ1v) is 10.6. The highest BCUT2D eigenvalue weighted by Crippen LogP contribution is 2.12. The topological polar surface area (TPSA) is 129 Å². The van der Waals surface area contributed by atoms with E-state index in [0.29, 0.717) is 65.0 Å². The first-order chi connectivity index (χ1) is 13.5. The molecule has 28 heavy (non-hydrogen) atoms. The SMILES string of the molecule is CS(=O)(=O)OCCc1ccc(OCCOCCOCCOCCN=[N+]=[N-])cc1. The van der Waals surface area contributed by atoms with Crippen LogP contribution >= 0.6 is 0 Å². The van der Waals surface area contributed by atoms with Crippen LogP contribution in [0.2, 0.25) is 0 Å². The summed E-state index contributed by atoms with van der Waals surface area (Å²) in [6.45, 7) is 3.51. The molecule has 0 saturated heterocycles. The van der Waals surface area contributed by atoms with Gasteiger partial charge in [0, 0.05) is 11.5 Å². The molecular formula is C17H27N3O7S. The van der Waals surface area contributed by atoms with Crippen LogP contribution in [0.5, 0.6) is 5.75 Å². The molecule has 1 aromatic carbocycles. The summed E-state index contributed by atoms with van der Waals surface area (Å²) in [6, 6.07) is 7.37. The molecule has 0 aliphatic carbocycles. The minimum absolute atomic E-state index is 0.122. The molecule has 0 radical (unpaired) electrons. The zero-order valence-electron chi connectivity index (χ0n) is 16.0. The quantitative estimate of drug-likeness (QED) is 0.124. The maximum absolute atomic E-state index is 10.9. The molecular weight excluding hydrogens is 390 g/mol. The third kappa shape index (κ3) is 14.2. The van der Waals surface area contributed by atoms with Crippen molar-refractivity contribution in [3.05, 3.63) is 40.3 Å². The Morgan fingerprint density at radius 2 is 1.46 bits per heavy atom. The van der Waals surface area contributed by atoms with Crippen LogP contribution < -0.4 is 4.74 Å². The van der Waals surface area contributed by atoms with Crippen LogP contribution in [-0.4, -0.2) is 74.1 Å². The standard InChI is InChI=1S/C17H27N3O7S/c1-28(21,22)27-8-6-16-2-4-17(5-3-16)26-15-14-25-13-12-24-11-10-23-9-7-19-20-18/h2-5H,6-15H2,1H3. The van der Waals surface area contributed by atoms with Gasteiger partial charge in [-0.2, -0.15) is 8.42 Å². The van der Waals surface area contributed by atoms with Gasteiger partial charge in [-0.25, -0.2) is 0 Å². The summed E-state index contributed by atoms with van der Waals surface area (Å²) in [4.78, 5) is 2.62. The second kappa shape index (κ2) is 15.1. The van der Waals surface area contributed by atoms with Crippen molar-refractivity contribution in [3.63, 3.8) is 0 Å². The Hall–Kier alpha value is -1.88. The normalized spacial score (nSPS) is 11.2. The Kier molecular flexibility index (Phi) is 13.0. The third-order valence-electron chi connectivity index (χ3n) is 3.25. The lowest BCUT2D eigenvalue weighted by molar-refractivity contribution is 0.0106. The van der Waals surface area contributed by atoms with E-state index in [1.807, 2.05) is 24.3 Å². The van der Waals surface area contributed by atoms with E-state index < -0.39 is 10.1 Å². The van der Waals surface area contributed by atoms with Crippen LogP contribution in [0.3, 0.4) is 0 Å². The van der Waals surface area contributed by atoms with Crippen LogP contribution in [0.1, 0.15) is 5.56 Å². The fourth-order valence-electron chi connectivity index (χ4n) is 1.97. The van der Waals surface area contributed by atoms with Gasteiger partial charge >= 0.3 is 0 Å². The van der Waals surface area contributed by atoms with Gasteiger partial charge in [-0.05, 0) is 29.6 Å². The van der Waals surface area contributed by atoms with E-state index in [1.165, 1.54) is 0 Å². The molecule has 0 aliphatic rings. The predicted molar refractivity (Wildman–Crippen MR) is 103 cm³/mol. The lowest BCUT2D eigenvalue weighted by Gasteiger charge is -2.09. The number of benzene rings is 1. The summed E-state index contributed by atoms with van der Waals surface area (Å²) in [6.07, 6.45) is 1.54. The van der Waals surface area contributed by atoms with Gasteiger partial charge in [0.1, 0.15) is 12.4 Å². The molecule has 0 aromatic heterocycles. The van der Waals surface area contributed by atoms with Gasteiger partial charge in [0.05, 0.1) is 52.5 Å². The Balaban J connectivity index is 1.96. The summed E-state index contributed by atoms with van der Waals surface area (Å²) < 4.78 is 48.0. The summed E-state index contributed by atoms with van der Waals surface area (Å²) >= 11 is 0. The molecule has 0 fully saturated rings. The van der Waals surface area contributed by atoms with Crippen LogP contribution in [0.4, 0.5) is 0 Å². The number of hydrogen-bond acceptors (Lipinski definition) is 8. The molecule has 0 saturated carbocycles. The van der Waals surface area contributed by atoms with Crippen LogP contribution in [-0.2, 0) is 34.9 Å². The van der Waals surface area contributed by atoms with E-state index in [2.05, 4.69) is 10.0 Å². The fourth-order valence-corrected chi connectivity index (χ4v) is 2.36. The lowest BCUT2D eigenvalue weighted by Crippen LogP contribution is -2.13. The van der Waals surface area contributed by atoms with E-state index in [4.69, 9.17) is 28.7 Å². The molecule has 158 valence electrons. The molecule has 1 rings (SSSR count).